The largest absolute Gasteiger partial charge is 0.369 e. The van der Waals surface area contributed by atoms with Gasteiger partial charge in [0.25, 0.3) is 0 Å². The normalized spacial score (nSPS) is 19.6. The Morgan fingerprint density at radius 3 is 2.57 bits per heavy atom. The van der Waals surface area contributed by atoms with Crippen LogP contribution in [0.2, 0.25) is 5.15 Å². The van der Waals surface area contributed by atoms with Crippen molar-refractivity contribution in [2.45, 2.75) is 51.4 Å². The highest BCUT2D eigenvalue weighted by molar-refractivity contribution is 6.29. The third-order valence-corrected chi connectivity index (χ3v) is 5.69. The van der Waals surface area contributed by atoms with Crippen LogP contribution in [-0.4, -0.2) is 14.5 Å². The average Bonchev–Trinajstić information content (AvgIpc) is 3.07. The maximum absolute atomic E-state index is 8.97. The lowest BCUT2D eigenvalue weighted by Gasteiger charge is -2.29. The highest BCUT2D eigenvalue weighted by atomic mass is 35.5. The van der Waals surface area contributed by atoms with Crippen molar-refractivity contribution in [3.8, 4) is 6.07 Å². The molecular weight excluding hydrogens is 372 g/mol. The lowest BCUT2D eigenvalue weighted by molar-refractivity contribution is 0.0971. The quantitative estimate of drug-likeness (QED) is 0.521. The molecular formula is C22H23ClN4O. The second kappa shape index (κ2) is 8.72. The number of rotatable bonds is 6. The summed E-state index contributed by atoms with van der Waals surface area (Å²) in [7, 11) is 0. The van der Waals surface area contributed by atoms with E-state index in [0.29, 0.717) is 36.7 Å². The van der Waals surface area contributed by atoms with Crippen molar-refractivity contribution in [1.29, 1.82) is 5.26 Å². The first-order valence-electron chi connectivity index (χ1n) is 9.76. The van der Waals surface area contributed by atoms with Crippen molar-refractivity contribution in [2.24, 2.45) is 5.92 Å². The van der Waals surface area contributed by atoms with E-state index in [2.05, 4.69) is 27.8 Å². The molecule has 0 aliphatic heterocycles. The zero-order valence-electron chi connectivity index (χ0n) is 15.7. The van der Waals surface area contributed by atoms with Crippen molar-refractivity contribution >= 4 is 22.8 Å². The molecule has 1 aromatic carbocycles. The highest BCUT2D eigenvalue weighted by Crippen LogP contribution is 2.36. The molecule has 1 saturated carbocycles. The van der Waals surface area contributed by atoms with E-state index >= 15 is 0 Å². The fourth-order valence-corrected chi connectivity index (χ4v) is 4.20. The first-order valence-corrected chi connectivity index (χ1v) is 10.1. The fourth-order valence-electron chi connectivity index (χ4n) is 4.05. The molecule has 2 aromatic heterocycles. The van der Waals surface area contributed by atoms with Gasteiger partial charge in [0, 0.05) is 12.5 Å². The predicted octanol–water partition coefficient (Wildman–Crippen LogP) is 5.45. The van der Waals surface area contributed by atoms with Crippen molar-refractivity contribution in [3.63, 3.8) is 0 Å². The minimum absolute atomic E-state index is 0.321. The second-order valence-corrected chi connectivity index (χ2v) is 7.78. The monoisotopic (exact) mass is 394 g/mol. The summed E-state index contributed by atoms with van der Waals surface area (Å²) < 4.78 is 8.19. The number of ether oxygens (including phenoxy) is 1. The molecule has 1 aliphatic rings. The van der Waals surface area contributed by atoms with E-state index in [4.69, 9.17) is 26.6 Å². The Labute approximate surface area is 169 Å². The maximum atomic E-state index is 8.97. The summed E-state index contributed by atoms with van der Waals surface area (Å²) in [4.78, 5) is 9.33. The summed E-state index contributed by atoms with van der Waals surface area (Å²) in [6, 6.07) is 16.5. The van der Waals surface area contributed by atoms with E-state index < -0.39 is 0 Å². The average molecular weight is 395 g/mol. The van der Waals surface area contributed by atoms with Gasteiger partial charge in [-0.05, 0) is 49.3 Å². The molecule has 28 heavy (non-hydrogen) atoms. The van der Waals surface area contributed by atoms with Gasteiger partial charge in [-0.3, -0.25) is 0 Å². The van der Waals surface area contributed by atoms with Crippen LogP contribution in [0, 0.1) is 17.2 Å². The fraction of sp³-hybridized carbons (Fsp3) is 0.409. The topological polar surface area (TPSA) is 63.7 Å². The molecule has 6 heteroatoms. The molecule has 0 N–H and O–H groups in total. The number of imidazole rings is 1. The van der Waals surface area contributed by atoms with Crippen molar-refractivity contribution in [2.75, 3.05) is 0 Å². The number of nitrogens with zero attached hydrogens (tertiary/aromatic N) is 4. The molecule has 0 amide bonds. The first kappa shape index (κ1) is 18.9. The number of fused-ring (bicyclic) bond motifs is 1. The van der Waals surface area contributed by atoms with Gasteiger partial charge in [-0.1, -0.05) is 41.9 Å². The molecule has 5 nitrogen and oxygen atoms in total. The number of halogens is 1. The van der Waals surface area contributed by atoms with Crippen LogP contribution in [0.1, 0.15) is 49.5 Å². The van der Waals surface area contributed by atoms with Crippen LogP contribution in [0.15, 0.2) is 42.5 Å². The predicted molar refractivity (Wildman–Crippen MR) is 109 cm³/mol. The summed E-state index contributed by atoms with van der Waals surface area (Å²) in [5, 5.41) is 9.44. The van der Waals surface area contributed by atoms with E-state index in [1.54, 1.807) is 6.07 Å². The van der Waals surface area contributed by atoms with Crippen LogP contribution in [0.5, 0.6) is 0 Å². The Morgan fingerprint density at radius 1 is 1.04 bits per heavy atom. The van der Waals surface area contributed by atoms with Gasteiger partial charge in [-0.15, -0.1) is 0 Å². The Balaban J connectivity index is 1.55. The molecule has 0 bridgehead atoms. The van der Waals surface area contributed by atoms with Gasteiger partial charge in [0.1, 0.15) is 23.1 Å². The van der Waals surface area contributed by atoms with E-state index in [9.17, 15) is 0 Å². The lowest BCUT2D eigenvalue weighted by Crippen LogP contribution is -2.20. The van der Waals surface area contributed by atoms with Gasteiger partial charge >= 0.3 is 0 Å². The van der Waals surface area contributed by atoms with Crippen LogP contribution in [0.4, 0.5) is 0 Å². The SMILES string of the molecule is N#CCC1CCC(n2c(COCc3ccccc3)nc3ccc(Cl)nc32)CC1. The molecule has 3 aromatic rings. The van der Waals surface area contributed by atoms with Gasteiger partial charge in [0.2, 0.25) is 0 Å². The summed E-state index contributed by atoms with van der Waals surface area (Å²) in [6.07, 6.45) is 4.81. The number of benzene rings is 1. The van der Waals surface area contributed by atoms with Gasteiger partial charge in [0.15, 0.2) is 5.65 Å². The Kier molecular flexibility index (Phi) is 5.90. The zero-order valence-corrected chi connectivity index (χ0v) is 16.5. The maximum Gasteiger partial charge on any atom is 0.162 e. The van der Waals surface area contributed by atoms with Gasteiger partial charge in [0.05, 0.1) is 12.7 Å². The summed E-state index contributed by atoms with van der Waals surface area (Å²) in [5.74, 6) is 1.40. The van der Waals surface area contributed by atoms with Gasteiger partial charge in [-0.25, -0.2) is 9.97 Å². The van der Waals surface area contributed by atoms with Crippen LogP contribution in [0.3, 0.4) is 0 Å². The van der Waals surface area contributed by atoms with Gasteiger partial charge < -0.3 is 9.30 Å². The summed E-state index contributed by atoms with van der Waals surface area (Å²) in [5.41, 5.74) is 2.82. The zero-order chi connectivity index (χ0) is 19.3. The Morgan fingerprint density at radius 2 is 1.82 bits per heavy atom. The first-order chi connectivity index (χ1) is 13.7. The molecule has 1 fully saturated rings. The molecule has 1 aliphatic carbocycles. The minimum Gasteiger partial charge on any atom is -0.369 e. The number of hydrogen-bond acceptors (Lipinski definition) is 4. The van der Waals surface area contributed by atoms with Crippen molar-refractivity contribution in [1.82, 2.24) is 14.5 Å². The Hall–Kier alpha value is -2.42. The molecule has 0 unspecified atom stereocenters. The molecule has 0 saturated heterocycles. The Bertz CT molecular complexity index is 971. The summed E-state index contributed by atoms with van der Waals surface area (Å²) >= 11 is 6.17. The number of nitriles is 1. The highest BCUT2D eigenvalue weighted by Gasteiger charge is 2.26. The number of aromatic nitrogens is 3. The number of pyridine rings is 1. The third kappa shape index (κ3) is 4.19. The molecule has 0 radical (unpaired) electrons. The molecule has 0 spiro atoms. The lowest BCUT2D eigenvalue weighted by atomic mass is 9.84. The van der Waals surface area contributed by atoms with Crippen LogP contribution in [-0.2, 0) is 18.0 Å². The number of hydrogen-bond donors (Lipinski definition) is 0. The molecule has 2 heterocycles. The molecule has 4 rings (SSSR count). The molecule has 144 valence electrons. The van der Waals surface area contributed by atoms with Crippen LogP contribution in [0.25, 0.3) is 11.2 Å². The van der Waals surface area contributed by atoms with Crippen LogP contribution < -0.4 is 0 Å². The second-order valence-electron chi connectivity index (χ2n) is 7.39. The van der Waals surface area contributed by atoms with E-state index in [1.165, 1.54) is 0 Å². The molecule has 0 atom stereocenters. The van der Waals surface area contributed by atoms with Crippen LogP contribution >= 0.6 is 11.6 Å². The smallest absolute Gasteiger partial charge is 0.162 e. The van der Waals surface area contributed by atoms with Crippen molar-refractivity contribution in [3.05, 3.63) is 59.0 Å². The van der Waals surface area contributed by atoms with E-state index in [-0.39, 0.29) is 0 Å². The standard InChI is InChI=1S/C22H23ClN4O/c23-20-11-10-19-22(26-20)27(18-8-6-16(7-9-18)12-13-24)21(25-19)15-28-14-17-4-2-1-3-5-17/h1-5,10-11,16,18H,6-9,12,14-15H2. The summed E-state index contributed by atoms with van der Waals surface area (Å²) in [6.45, 7) is 0.980. The van der Waals surface area contributed by atoms with Crippen molar-refractivity contribution < 1.29 is 4.74 Å². The van der Waals surface area contributed by atoms with E-state index in [0.717, 1.165) is 48.2 Å². The van der Waals surface area contributed by atoms with E-state index in [1.807, 2.05) is 24.3 Å². The van der Waals surface area contributed by atoms with Gasteiger partial charge in [-0.2, -0.15) is 5.26 Å². The minimum atomic E-state index is 0.321. The third-order valence-electron chi connectivity index (χ3n) is 5.48.